The monoisotopic (exact) mass is 235 g/mol. The summed E-state index contributed by atoms with van der Waals surface area (Å²) < 4.78 is 5.52. The Hall–Kier alpha value is -1.49. The first kappa shape index (κ1) is 12.0. The second-order valence-corrected chi connectivity index (χ2v) is 4.61. The van der Waals surface area contributed by atoms with Crippen LogP contribution in [0.5, 0.6) is 0 Å². The van der Waals surface area contributed by atoms with Crippen LogP contribution in [-0.4, -0.2) is 42.1 Å². The van der Waals surface area contributed by atoms with E-state index in [0.717, 1.165) is 32.2 Å². The van der Waals surface area contributed by atoms with E-state index in [4.69, 9.17) is 4.74 Å². The lowest BCUT2D eigenvalue weighted by Crippen LogP contribution is -2.48. The molecule has 5 heteroatoms. The van der Waals surface area contributed by atoms with Gasteiger partial charge in [0, 0.05) is 32.6 Å². The number of ether oxygens (including phenoxy) is 1. The molecule has 1 aliphatic heterocycles. The summed E-state index contributed by atoms with van der Waals surface area (Å²) in [6, 6.07) is 0. The Morgan fingerprint density at radius 3 is 2.76 bits per heavy atom. The zero-order chi connectivity index (χ0) is 12.3. The van der Waals surface area contributed by atoms with Gasteiger partial charge in [-0.15, -0.1) is 0 Å². The zero-order valence-electron chi connectivity index (χ0n) is 10.2. The smallest absolute Gasteiger partial charge is 0.225 e. The second kappa shape index (κ2) is 4.79. The lowest BCUT2D eigenvalue weighted by atomic mass is 9.95. The molecule has 1 atom stereocenters. The second-order valence-electron chi connectivity index (χ2n) is 4.61. The third-order valence-electron chi connectivity index (χ3n) is 3.23. The third kappa shape index (κ3) is 2.61. The van der Waals surface area contributed by atoms with Gasteiger partial charge in [0.25, 0.3) is 0 Å². The average Bonchev–Trinajstić information content (AvgIpc) is 2.39. The molecule has 1 aromatic heterocycles. The summed E-state index contributed by atoms with van der Waals surface area (Å²) in [4.78, 5) is 21.0. The summed E-state index contributed by atoms with van der Waals surface area (Å²) in [5, 5.41) is 0. The largest absolute Gasteiger partial charge is 0.377 e. The topological polar surface area (TPSA) is 55.3 Å². The number of hydrogen-bond donors (Lipinski definition) is 0. The molecule has 17 heavy (non-hydrogen) atoms. The molecule has 0 aliphatic carbocycles. The van der Waals surface area contributed by atoms with Gasteiger partial charge in [-0.1, -0.05) is 0 Å². The highest BCUT2D eigenvalue weighted by atomic mass is 16.5. The summed E-state index contributed by atoms with van der Waals surface area (Å²) in [5.74, 6) is 0.665. The third-order valence-corrected chi connectivity index (χ3v) is 3.23. The normalized spacial score (nSPS) is 24.7. The first-order chi connectivity index (χ1) is 8.17. The Balaban J connectivity index is 2.13. The van der Waals surface area contributed by atoms with Crippen molar-refractivity contribution in [2.24, 2.45) is 0 Å². The van der Waals surface area contributed by atoms with Gasteiger partial charge in [0.1, 0.15) is 0 Å². The van der Waals surface area contributed by atoms with Gasteiger partial charge >= 0.3 is 0 Å². The number of methoxy groups -OCH3 is 1. The number of aromatic nitrogens is 2. The van der Waals surface area contributed by atoms with Crippen molar-refractivity contribution in [2.75, 3.05) is 25.1 Å². The molecular weight excluding hydrogens is 218 g/mol. The summed E-state index contributed by atoms with van der Waals surface area (Å²) in [6.07, 6.45) is 5.96. The number of hydrogen-bond acceptors (Lipinski definition) is 5. The van der Waals surface area contributed by atoms with E-state index in [1.807, 2.05) is 0 Å². The molecule has 0 amide bonds. The fourth-order valence-corrected chi connectivity index (χ4v) is 2.10. The molecular formula is C12H17N3O2. The molecule has 2 rings (SSSR count). The maximum absolute atomic E-state index is 10.5. The van der Waals surface area contributed by atoms with Crippen molar-refractivity contribution in [3.05, 3.63) is 18.0 Å². The summed E-state index contributed by atoms with van der Waals surface area (Å²) in [7, 11) is 1.74. The van der Waals surface area contributed by atoms with E-state index in [0.29, 0.717) is 11.5 Å². The van der Waals surface area contributed by atoms with Crippen LogP contribution in [0.25, 0.3) is 0 Å². The Labute approximate surface area is 101 Å². The molecule has 0 N–H and O–H groups in total. The molecule has 1 fully saturated rings. The first-order valence-corrected chi connectivity index (χ1v) is 5.74. The number of piperidine rings is 1. The van der Waals surface area contributed by atoms with Crippen LogP contribution in [0.3, 0.4) is 0 Å². The summed E-state index contributed by atoms with van der Waals surface area (Å²) in [6.45, 7) is 3.81. The SMILES string of the molecule is COC1(C)CCCN(c2ncc(C=O)cn2)C1. The van der Waals surface area contributed by atoms with E-state index in [1.165, 1.54) is 0 Å². The molecule has 1 aliphatic rings. The van der Waals surface area contributed by atoms with Gasteiger partial charge in [-0.25, -0.2) is 9.97 Å². The number of nitrogens with zero attached hydrogens (tertiary/aromatic N) is 3. The van der Waals surface area contributed by atoms with E-state index >= 15 is 0 Å². The lowest BCUT2D eigenvalue weighted by Gasteiger charge is -2.39. The van der Waals surface area contributed by atoms with Crippen molar-refractivity contribution < 1.29 is 9.53 Å². The van der Waals surface area contributed by atoms with Crippen LogP contribution in [-0.2, 0) is 4.74 Å². The van der Waals surface area contributed by atoms with Crippen molar-refractivity contribution in [3.8, 4) is 0 Å². The molecule has 0 saturated carbocycles. The van der Waals surface area contributed by atoms with E-state index < -0.39 is 0 Å². The maximum atomic E-state index is 10.5. The predicted molar refractivity (Wildman–Crippen MR) is 64.3 cm³/mol. The quantitative estimate of drug-likeness (QED) is 0.739. The highest BCUT2D eigenvalue weighted by molar-refractivity contribution is 5.73. The van der Waals surface area contributed by atoms with Gasteiger partial charge in [0.05, 0.1) is 11.2 Å². The van der Waals surface area contributed by atoms with Crippen LogP contribution in [0.2, 0.25) is 0 Å². The highest BCUT2D eigenvalue weighted by Crippen LogP contribution is 2.25. The number of carbonyl (C=O) groups excluding carboxylic acids is 1. The van der Waals surface area contributed by atoms with Crippen molar-refractivity contribution >= 4 is 12.2 Å². The first-order valence-electron chi connectivity index (χ1n) is 5.74. The van der Waals surface area contributed by atoms with Gasteiger partial charge in [-0.3, -0.25) is 4.79 Å². The van der Waals surface area contributed by atoms with E-state index in [-0.39, 0.29) is 5.60 Å². The lowest BCUT2D eigenvalue weighted by molar-refractivity contribution is -0.00499. The number of rotatable bonds is 3. The van der Waals surface area contributed by atoms with Crippen molar-refractivity contribution in [2.45, 2.75) is 25.4 Å². The molecule has 2 heterocycles. The molecule has 1 unspecified atom stereocenters. The Morgan fingerprint density at radius 1 is 1.47 bits per heavy atom. The van der Waals surface area contributed by atoms with Crippen LogP contribution in [0, 0.1) is 0 Å². The zero-order valence-corrected chi connectivity index (χ0v) is 10.2. The summed E-state index contributed by atoms with van der Waals surface area (Å²) >= 11 is 0. The maximum Gasteiger partial charge on any atom is 0.225 e. The molecule has 92 valence electrons. The molecule has 5 nitrogen and oxygen atoms in total. The molecule has 1 aromatic rings. The minimum Gasteiger partial charge on any atom is -0.377 e. The van der Waals surface area contributed by atoms with Crippen LogP contribution in [0.15, 0.2) is 12.4 Å². The number of anilines is 1. The van der Waals surface area contributed by atoms with E-state index in [1.54, 1.807) is 19.5 Å². The predicted octanol–water partition coefficient (Wildman–Crippen LogP) is 1.29. The fraction of sp³-hybridized carbons (Fsp3) is 0.583. The van der Waals surface area contributed by atoms with Crippen LogP contribution < -0.4 is 4.90 Å². The molecule has 0 aromatic carbocycles. The number of aldehydes is 1. The minimum atomic E-state index is -0.134. The molecule has 1 saturated heterocycles. The van der Waals surface area contributed by atoms with Crippen molar-refractivity contribution in [1.82, 2.24) is 9.97 Å². The van der Waals surface area contributed by atoms with Crippen LogP contribution >= 0.6 is 0 Å². The van der Waals surface area contributed by atoms with Gasteiger partial charge in [0.2, 0.25) is 5.95 Å². The standard InChI is InChI=1S/C12H17N3O2/c1-12(17-2)4-3-5-15(9-12)11-13-6-10(8-16)7-14-11/h6-8H,3-5,9H2,1-2H3. The van der Waals surface area contributed by atoms with Crippen LogP contribution in [0.1, 0.15) is 30.1 Å². The molecule has 0 radical (unpaired) electrons. The van der Waals surface area contributed by atoms with E-state index in [2.05, 4.69) is 21.8 Å². The Bertz CT molecular complexity index is 393. The molecule has 0 bridgehead atoms. The minimum absolute atomic E-state index is 0.134. The average molecular weight is 235 g/mol. The Kier molecular flexibility index (Phi) is 3.38. The van der Waals surface area contributed by atoms with Crippen LogP contribution in [0.4, 0.5) is 5.95 Å². The fourth-order valence-electron chi connectivity index (χ4n) is 2.10. The Morgan fingerprint density at radius 2 is 2.18 bits per heavy atom. The summed E-state index contributed by atoms with van der Waals surface area (Å²) in [5.41, 5.74) is 0.366. The number of carbonyl (C=O) groups is 1. The van der Waals surface area contributed by atoms with Crippen molar-refractivity contribution in [3.63, 3.8) is 0 Å². The van der Waals surface area contributed by atoms with E-state index in [9.17, 15) is 4.79 Å². The highest BCUT2D eigenvalue weighted by Gasteiger charge is 2.31. The molecule has 0 spiro atoms. The van der Waals surface area contributed by atoms with Gasteiger partial charge < -0.3 is 9.64 Å². The van der Waals surface area contributed by atoms with Gasteiger partial charge in [0.15, 0.2) is 6.29 Å². The van der Waals surface area contributed by atoms with Gasteiger partial charge in [-0.05, 0) is 19.8 Å². The van der Waals surface area contributed by atoms with Gasteiger partial charge in [-0.2, -0.15) is 0 Å². The van der Waals surface area contributed by atoms with Crippen molar-refractivity contribution in [1.29, 1.82) is 0 Å².